The van der Waals surface area contributed by atoms with Crippen molar-refractivity contribution in [1.82, 2.24) is 9.80 Å². The molecule has 150 valence electrons. The van der Waals surface area contributed by atoms with Crippen molar-refractivity contribution in [3.05, 3.63) is 34.1 Å². The minimum absolute atomic E-state index is 0.0961. The minimum Gasteiger partial charge on any atom is -0.339 e. The Morgan fingerprint density at radius 3 is 2.79 bits per heavy atom. The molecule has 3 aliphatic heterocycles. The van der Waals surface area contributed by atoms with Crippen molar-refractivity contribution in [2.24, 2.45) is 21.1 Å². The van der Waals surface area contributed by atoms with Crippen molar-refractivity contribution in [1.29, 1.82) is 0 Å². The van der Waals surface area contributed by atoms with Gasteiger partial charge in [-0.3, -0.25) is 14.6 Å². The number of nitrogens with zero attached hydrogens (tertiary/aromatic N) is 5. The maximum atomic E-state index is 13.7. The Bertz CT molecular complexity index is 1100. The summed E-state index contributed by atoms with van der Waals surface area (Å²) in [4.78, 5) is 33.8. The zero-order chi connectivity index (χ0) is 20.3. The fourth-order valence-electron chi connectivity index (χ4n) is 4.31. The van der Waals surface area contributed by atoms with Crippen LogP contribution in [0, 0.1) is 18.7 Å². The van der Waals surface area contributed by atoms with Gasteiger partial charge in [0, 0.05) is 37.8 Å². The van der Waals surface area contributed by atoms with E-state index in [2.05, 4.69) is 15.2 Å². The molecule has 3 heterocycles. The molecule has 1 aromatic carbocycles. The molecule has 0 N–H and O–H groups in total. The zero-order valence-electron chi connectivity index (χ0n) is 16.4. The lowest BCUT2D eigenvalue weighted by Crippen LogP contribution is -2.50. The van der Waals surface area contributed by atoms with Crippen LogP contribution in [-0.2, 0) is 9.59 Å². The molecule has 0 radical (unpaired) electrons. The van der Waals surface area contributed by atoms with E-state index in [1.54, 1.807) is 22.9 Å². The summed E-state index contributed by atoms with van der Waals surface area (Å²) in [7, 11) is 1.80. The summed E-state index contributed by atoms with van der Waals surface area (Å²) in [5, 5.41) is 9.70. The van der Waals surface area contributed by atoms with Crippen LogP contribution < -0.4 is 10.6 Å². The highest BCUT2D eigenvalue weighted by molar-refractivity contribution is 6.44. The third-order valence-corrected chi connectivity index (χ3v) is 6.19. The van der Waals surface area contributed by atoms with Crippen LogP contribution in [0.4, 0.5) is 4.39 Å². The van der Waals surface area contributed by atoms with Crippen molar-refractivity contribution in [3.63, 3.8) is 0 Å². The molecule has 2 unspecified atom stereocenters. The lowest BCUT2D eigenvalue weighted by atomic mass is 9.90. The highest BCUT2D eigenvalue weighted by Crippen LogP contribution is 2.28. The van der Waals surface area contributed by atoms with Gasteiger partial charge in [-0.25, -0.2) is 4.39 Å². The lowest BCUT2D eigenvalue weighted by molar-refractivity contribution is -0.131. The Labute approximate surface area is 167 Å². The van der Waals surface area contributed by atoms with Crippen molar-refractivity contribution in [2.45, 2.75) is 38.3 Å². The van der Waals surface area contributed by atoms with Crippen LogP contribution in [0.1, 0.15) is 24.8 Å². The number of halogens is 1. The predicted molar refractivity (Wildman–Crippen MR) is 106 cm³/mol. The molecule has 0 bridgehead atoms. The second-order valence-corrected chi connectivity index (χ2v) is 8.21. The van der Waals surface area contributed by atoms with E-state index in [9.17, 15) is 14.0 Å². The molecule has 0 aromatic heterocycles. The standard InChI is InChI=1S/C21H22FN5O2/c1-11-7-12(22)8-17-14(11)9-18(23-17)20(28)27-6-5-16-15(10-27)19(25-24-16)21(29)26(2)13-3-4-13/h7-9,13,15,18H,3-6,10H2,1-2H3. The van der Waals surface area contributed by atoms with Gasteiger partial charge in [-0.1, -0.05) is 0 Å². The molecule has 29 heavy (non-hydrogen) atoms. The normalized spacial score (nSPS) is 24.7. The van der Waals surface area contributed by atoms with E-state index in [0.29, 0.717) is 36.6 Å². The smallest absolute Gasteiger partial charge is 0.270 e. The van der Waals surface area contributed by atoms with Crippen LogP contribution in [0.15, 0.2) is 27.3 Å². The molecule has 5 rings (SSSR count). The molecule has 1 aromatic rings. The van der Waals surface area contributed by atoms with Gasteiger partial charge in [0.25, 0.3) is 11.8 Å². The molecule has 7 nitrogen and oxygen atoms in total. The van der Waals surface area contributed by atoms with Gasteiger partial charge < -0.3 is 9.80 Å². The summed E-state index contributed by atoms with van der Waals surface area (Å²) in [6.07, 6.45) is 4.44. The number of hydrogen-bond acceptors (Lipinski definition) is 5. The maximum Gasteiger partial charge on any atom is 0.270 e. The first kappa shape index (κ1) is 18.1. The van der Waals surface area contributed by atoms with E-state index in [1.165, 1.54) is 12.1 Å². The number of hydrogen-bond donors (Lipinski definition) is 0. The average Bonchev–Trinajstić information content (AvgIpc) is 3.32. The van der Waals surface area contributed by atoms with E-state index < -0.39 is 6.04 Å². The molecule has 8 heteroatoms. The van der Waals surface area contributed by atoms with Gasteiger partial charge in [-0.2, -0.15) is 5.10 Å². The van der Waals surface area contributed by atoms with Crippen molar-refractivity contribution < 1.29 is 14.0 Å². The Morgan fingerprint density at radius 2 is 2.03 bits per heavy atom. The third-order valence-electron chi connectivity index (χ3n) is 6.19. The van der Waals surface area contributed by atoms with E-state index in [4.69, 9.17) is 0 Å². The molecule has 2 fully saturated rings. The van der Waals surface area contributed by atoms with Crippen LogP contribution >= 0.6 is 0 Å². The SMILES string of the molecule is Cc1cc(F)cc2c1=CC(C(=O)N1CCC3=NN=C(C(=O)N(C)C4CC4)C3C1)N=2. The Kier molecular flexibility index (Phi) is 4.11. The number of benzene rings is 1. The molecular weight excluding hydrogens is 373 g/mol. The number of carbonyl (C=O) groups is 2. The lowest BCUT2D eigenvalue weighted by Gasteiger charge is -2.33. The largest absolute Gasteiger partial charge is 0.339 e. The van der Waals surface area contributed by atoms with Gasteiger partial charge in [0.05, 0.1) is 17.0 Å². The monoisotopic (exact) mass is 395 g/mol. The molecule has 2 atom stereocenters. The molecular formula is C21H22FN5O2. The molecule has 1 aliphatic carbocycles. The third kappa shape index (κ3) is 3.07. The summed E-state index contributed by atoms with van der Waals surface area (Å²) >= 11 is 0. The Morgan fingerprint density at radius 1 is 1.24 bits per heavy atom. The quantitative estimate of drug-likeness (QED) is 0.733. The van der Waals surface area contributed by atoms with E-state index in [-0.39, 0.29) is 23.5 Å². The van der Waals surface area contributed by atoms with Crippen LogP contribution in [0.2, 0.25) is 0 Å². The zero-order valence-corrected chi connectivity index (χ0v) is 16.4. The molecule has 1 saturated carbocycles. The number of amides is 2. The van der Waals surface area contributed by atoms with Crippen LogP contribution in [0.5, 0.6) is 0 Å². The van der Waals surface area contributed by atoms with E-state index in [1.807, 2.05) is 6.92 Å². The average molecular weight is 395 g/mol. The Hall–Kier alpha value is -2.90. The summed E-state index contributed by atoms with van der Waals surface area (Å²) in [5.41, 5.74) is 2.07. The second kappa shape index (κ2) is 6.57. The van der Waals surface area contributed by atoms with Gasteiger partial charge in [0.2, 0.25) is 0 Å². The van der Waals surface area contributed by atoms with Crippen molar-refractivity contribution in [3.8, 4) is 0 Å². The van der Waals surface area contributed by atoms with Crippen molar-refractivity contribution >= 4 is 29.3 Å². The van der Waals surface area contributed by atoms with E-state index in [0.717, 1.165) is 29.3 Å². The number of carbonyl (C=O) groups excluding carboxylic acids is 2. The molecule has 4 aliphatic rings. The van der Waals surface area contributed by atoms with Gasteiger partial charge in [-0.15, -0.1) is 5.10 Å². The maximum absolute atomic E-state index is 13.7. The van der Waals surface area contributed by atoms with Crippen LogP contribution in [0.25, 0.3) is 6.08 Å². The summed E-state index contributed by atoms with van der Waals surface area (Å²) < 4.78 is 13.7. The number of rotatable bonds is 3. The second-order valence-electron chi connectivity index (χ2n) is 8.21. The van der Waals surface area contributed by atoms with Gasteiger partial charge >= 0.3 is 0 Å². The van der Waals surface area contributed by atoms with Gasteiger partial charge in [0.15, 0.2) is 0 Å². The fraction of sp³-hybridized carbons (Fsp3) is 0.476. The summed E-state index contributed by atoms with van der Waals surface area (Å²) in [6.45, 7) is 2.71. The topological polar surface area (TPSA) is 77.7 Å². The Balaban J connectivity index is 1.34. The minimum atomic E-state index is -0.657. The highest BCUT2D eigenvalue weighted by atomic mass is 19.1. The summed E-state index contributed by atoms with van der Waals surface area (Å²) in [5.74, 6) is -0.824. The predicted octanol–water partition coefficient (Wildman–Crippen LogP) is 0.196. The number of piperidine rings is 1. The first-order valence-corrected chi connectivity index (χ1v) is 9.98. The van der Waals surface area contributed by atoms with Crippen molar-refractivity contribution in [2.75, 3.05) is 20.1 Å². The van der Waals surface area contributed by atoms with Gasteiger partial charge in [-0.05, 0) is 43.5 Å². The molecule has 0 spiro atoms. The summed E-state index contributed by atoms with van der Waals surface area (Å²) in [6, 6.07) is 2.45. The number of likely N-dealkylation sites (tertiary alicyclic amines) is 1. The van der Waals surface area contributed by atoms with Crippen LogP contribution in [0.3, 0.4) is 0 Å². The number of aryl methyl sites for hydroxylation is 1. The molecule has 1 saturated heterocycles. The first-order valence-electron chi connectivity index (χ1n) is 9.98. The highest BCUT2D eigenvalue weighted by Gasteiger charge is 2.42. The van der Waals surface area contributed by atoms with E-state index >= 15 is 0 Å². The van der Waals surface area contributed by atoms with Gasteiger partial charge in [0.1, 0.15) is 17.6 Å². The van der Waals surface area contributed by atoms with Crippen LogP contribution in [-0.4, -0.2) is 65.3 Å². The first-order chi connectivity index (χ1) is 13.9. The number of fused-ring (bicyclic) bond motifs is 2. The fourth-order valence-corrected chi connectivity index (χ4v) is 4.31. The molecule has 2 amide bonds.